The van der Waals surface area contributed by atoms with Crippen LogP contribution in [0.4, 0.5) is 0 Å². The van der Waals surface area contributed by atoms with E-state index in [2.05, 4.69) is 5.32 Å². The van der Waals surface area contributed by atoms with Crippen LogP contribution >= 0.6 is 0 Å². The number of hydrogen-bond donors (Lipinski definition) is 3. The van der Waals surface area contributed by atoms with E-state index in [0.29, 0.717) is 13.0 Å². The Balaban J connectivity index is 0. The lowest BCUT2D eigenvalue weighted by Crippen LogP contribution is -2.48. The average molecular weight is 274 g/mol. The van der Waals surface area contributed by atoms with E-state index >= 15 is 0 Å². The zero-order valence-corrected chi connectivity index (χ0v) is 12.6. The first kappa shape index (κ1) is 20.2. The predicted molar refractivity (Wildman–Crippen MR) is 76.3 cm³/mol. The molecule has 1 fully saturated rings. The van der Waals surface area contributed by atoms with Crippen molar-refractivity contribution in [3.8, 4) is 0 Å². The number of amides is 2. The molecule has 0 spiro atoms. The molecule has 1 atom stereocenters. The van der Waals surface area contributed by atoms with E-state index < -0.39 is 13.1 Å². The Labute approximate surface area is 116 Å². The molecule has 3 N–H and O–H groups in total. The van der Waals surface area contributed by atoms with Gasteiger partial charge in [-0.1, -0.05) is 27.7 Å². The second kappa shape index (κ2) is 12.0. The first-order chi connectivity index (χ1) is 9.02. The average Bonchev–Trinajstić information content (AvgIpc) is 2.90. The Morgan fingerprint density at radius 3 is 2.21 bits per heavy atom. The Morgan fingerprint density at radius 2 is 1.79 bits per heavy atom. The van der Waals surface area contributed by atoms with Crippen molar-refractivity contribution in [2.45, 2.75) is 53.4 Å². The molecule has 1 aliphatic rings. The molecule has 0 saturated carbocycles. The highest BCUT2D eigenvalue weighted by Gasteiger charge is 2.36. The molecule has 6 nitrogen and oxygen atoms in total. The van der Waals surface area contributed by atoms with E-state index in [1.54, 1.807) is 0 Å². The van der Waals surface area contributed by atoms with Crippen molar-refractivity contribution in [3.05, 3.63) is 0 Å². The molecular weight excluding hydrogens is 247 g/mol. The topological polar surface area (TPSA) is 89.9 Å². The normalized spacial score (nSPS) is 16.6. The monoisotopic (exact) mass is 274 g/mol. The number of nitrogens with zero attached hydrogens (tertiary/aromatic N) is 1. The van der Waals surface area contributed by atoms with E-state index in [1.165, 1.54) is 11.8 Å². The smallest absolute Gasteiger partial charge is 0.426 e. The molecule has 0 aromatic rings. The summed E-state index contributed by atoms with van der Waals surface area (Å²) in [6, 6.07) is 0. The van der Waals surface area contributed by atoms with E-state index in [9.17, 15) is 9.59 Å². The molecule has 1 rings (SSSR count). The Bertz CT molecular complexity index is 262. The minimum absolute atomic E-state index is 0.0848. The maximum Gasteiger partial charge on any atom is 0.475 e. The fourth-order valence-corrected chi connectivity index (χ4v) is 1.71. The summed E-state index contributed by atoms with van der Waals surface area (Å²) in [6.45, 7) is 9.76. The first-order valence-electron chi connectivity index (χ1n) is 6.92. The maximum atomic E-state index is 11.6. The number of nitrogens with one attached hydrogen (secondary N) is 1. The van der Waals surface area contributed by atoms with Crippen LogP contribution in [0.1, 0.15) is 47.5 Å². The fraction of sp³-hybridized carbons (Fsp3) is 0.833. The number of rotatable bonds is 3. The summed E-state index contributed by atoms with van der Waals surface area (Å²) >= 11 is 0. The quantitative estimate of drug-likeness (QED) is 0.640. The highest BCUT2D eigenvalue weighted by molar-refractivity contribution is 6.43. The molecule has 0 aromatic heterocycles. The van der Waals surface area contributed by atoms with Crippen LogP contribution in [-0.4, -0.2) is 52.9 Å². The lowest BCUT2D eigenvalue weighted by Gasteiger charge is -2.23. The van der Waals surface area contributed by atoms with Crippen molar-refractivity contribution < 1.29 is 19.6 Å². The molecule has 0 radical (unpaired) electrons. The van der Waals surface area contributed by atoms with Crippen LogP contribution in [0.3, 0.4) is 0 Å². The Morgan fingerprint density at radius 1 is 1.26 bits per heavy atom. The van der Waals surface area contributed by atoms with Gasteiger partial charge in [-0.25, -0.2) is 0 Å². The van der Waals surface area contributed by atoms with Crippen LogP contribution in [0.15, 0.2) is 0 Å². The van der Waals surface area contributed by atoms with Crippen LogP contribution in [0.5, 0.6) is 0 Å². The zero-order chi connectivity index (χ0) is 15.4. The minimum Gasteiger partial charge on any atom is -0.426 e. The van der Waals surface area contributed by atoms with Gasteiger partial charge in [0.05, 0.1) is 12.5 Å². The van der Waals surface area contributed by atoms with Crippen LogP contribution in [0.2, 0.25) is 0 Å². The molecule has 1 unspecified atom stereocenters. The first-order valence-corrected chi connectivity index (χ1v) is 6.92. The van der Waals surface area contributed by atoms with Gasteiger partial charge in [-0.15, -0.1) is 0 Å². The summed E-state index contributed by atoms with van der Waals surface area (Å²) in [5, 5.41) is 20.4. The molecule has 1 heterocycles. The van der Waals surface area contributed by atoms with Crippen LogP contribution in [0, 0.1) is 0 Å². The number of likely N-dealkylation sites (tertiary alicyclic amines) is 1. The summed E-state index contributed by atoms with van der Waals surface area (Å²) in [6.07, 6.45) is 1.34. The van der Waals surface area contributed by atoms with Gasteiger partial charge in [-0.05, 0) is 12.8 Å². The molecule has 2 amide bonds. The maximum absolute atomic E-state index is 11.6. The molecular formula is C12H27BN2O4. The van der Waals surface area contributed by atoms with Gasteiger partial charge in [0, 0.05) is 13.5 Å². The summed E-state index contributed by atoms with van der Waals surface area (Å²) in [5.41, 5.74) is 0. The summed E-state index contributed by atoms with van der Waals surface area (Å²) in [5.74, 6) is -1.09. The van der Waals surface area contributed by atoms with Gasteiger partial charge >= 0.3 is 7.12 Å². The van der Waals surface area contributed by atoms with Gasteiger partial charge in [-0.3, -0.25) is 9.59 Å². The van der Waals surface area contributed by atoms with Gasteiger partial charge in [0.2, 0.25) is 11.8 Å². The van der Waals surface area contributed by atoms with Crippen LogP contribution < -0.4 is 5.32 Å². The minimum atomic E-state index is -1.51. The SMILES string of the molecule is CC.CC.CC(=O)NCC(=O)N1CCCC1B(O)O. The second-order valence-corrected chi connectivity index (χ2v) is 3.62. The molecule has 0 aromatic carbocycles. The lowest BCUT2D eigenvalue weighted by atomic mass is 9.78. The standard InChI is InChI=1S/C8H15BN2O4.2C2H6/c1-6(12)10-5-8(13)11-4-2-3-7(11)9(14)15;2*1-2/h7,14-15H,2-5H2,1H3,(H,10,12);2*1-2H3. The molecule has 1 aliphatic heterocycles. The molecule has 7 heteroatoms. The van der Waals surface area contributed by atoms with Gasteiger partial charge in [0.25, 0.3) is 0 Å². The zero-order valence-electron chi connectivity index (χ0n) is 12.6. The Kier molecular flexibility index (Phi) is 12.8. The van der Waals surface area contributed by atoms with Crippen LogP contribution in [-0.2, 0) is 9.59 Å². The lowest BCUT2D eigenvalue weighted by molar-refractivity contribution is -0.132. The van der Waals surface area contributed by atoms with E-state index in [-0.39, 0.29) is 18.4 Å². The van der Waals surface area contributed by atoms with Gasteiger partial charge in [0.1, 0.15) is 0 Å². The number of carbonyl (C=O) groups is 2. The molecule has 112 valence electrons. The van der Waals surface area contributed by atoms with Gasteiger partial charge < -0.3 is 20.3 Å². The molecule has 1 saturated heterocycles. The van der Waals surface area contributed by atoms with Crippen molar-refractivity contribution in [2.24, 2.45) is 0 Å². The van der Waals surface area contributed by atoms with Gasteiger partial charge in [-0.2, -0.15) is 0 Å². The fourth-order valence-electron chi connectivity index (χ4n) is 1.71. The van der Waals surface area contributed by atoms with E-state index in [0.717, 1.165) is 6.42 Å². The highest BCUT2D eigenvalue weighted by Crippen LogP contribution is 2.17. The summed E-state index contributed by atoms with van der Waals surface area (Å²) in [7, 11) is -1.51. The van der Waals surface area contributed by atoms with E-state index in [1.807, 2.05) is 27.7 Å². The van der Waals surface area contributed by atoms with Gasteiger partial charge in [0.15, 0.2) is 0 Å². The number of hydrogen-bond acceptors (Lipinski definition) is 4. The largest absolute Gasteiger partial charge is 0.475 e. The van der Waals surface area contributed by atoms with Crippen molar-refractivity contribution in [1.29, 1.82) is 0 Å². The molecule has 0 bridgehead atoms. The second-order valence-electron chi connectivity index (χ2n) is 3.62. The third-order valence-corrected chi connectivity index (χ3v) is 2.45. The van der Waals surface area contributed by atoms with Crippen molar-refractivity contribution in [2.75, 3.05) is 13.1 Å². The molecule has 19 heavy (non-hydrogen) atoms. The number of carbonyl (C=O) groups excluding carboxylic acids is 2. The van der Waals surface area contributed by atoms with Crippen molar-refractivity contribution >= 4 is 18.9 Å². The Hall–Kier alpha value is -1.08. The third kappa shape index (κ3) is 7.84. The predicted octanol–water partition coefficient (Wildman–Crippen LogP) is 0.178. The third-order valence-electron chi connectivity index (χ3n) is 2.45. The van der Waals surface area contributed by atoms with Crippen molar-refractivity contribution in [3.63, 3.8) is 0 Å². The summed E-state index contributed by atoms with van der Waals surface area (Å²) in [4.78, 5) is 23.6. The van der Waals surface area contributed by atoms with Crippen LogP contribution in [0.25, 0.3) is 0 Å². The van der Waals surface area contributed by atoms with Crippen molar-refractivity contribution in [1.82, 2.24) is 10.2 Å². The summed E-state index contributed by atoms with van der Waals surface area (Å²) < 4.78 is 0. The molecule has 0 aliphatic carbocycles. The highest BCUT2D eigenvalue weighted by atomic mass is 16.4. The van der Waals surface area contributed by atoms with E-state index in [4.69, 9.17) is 10.0 Å².